The van der Waals surface area contributed by atoms with E-state index >= 15 is 0 Å². The molecule has 0 N–H and O–H groups in total. The Morgan fingerprint density at radius 1 is 0.917 bits per heavy atom. The van der Waals surface area contributed by atoms with Crippen LogP contribution in [0.2, 0.25) is 0 Å². The largest absolute Gasteiger partial charge is 0.454 e. The van der Waals surface area contributed by atoms with Crippen LogP contribution in [0.3, 0.4) is 0 Å². The first kappa shape index (κ1) is 15.3. The van der Waals surface area contributed by atoms with Crippen LogP contribution < -0.4 is 14.4 Å². The van der Waals surface area contributed by atoms with Crippen LogP contribution in [-0.4, -0.2) is 37.9 Å². The van der Waals surface area contributed by atoms with Gasteiger partial charge in [-0.25, -0.2) is 0 Å². The van der Waals surface area contributed by atoms with Crippen LogP contribution in [0.15, 0.2) is 36.4 Å². The molecule has 2 aromatic rings. The minimum absolute atomic E-state index is 0.340. The van der Waals surface area contributed by atoms with Gasteiger partial charge in [-0.3, -0.25) is 4.90 Å². The van der Waals surface area contributed by atoms with E-state index < -0.39 is 0 Å². The van der Waals surface area contributed by atoms with Crippen LogP contribution >= 0.6 is 0 Å². The number of hydrogen-bond acceptors (Lipinski definition) is 4. The van der Waals surface area contributed by atoms with Gasteiger partial charge in [-0.2, -0.15) is 0 Å². The maximum Gasteiger partial charge on any atom is 0.231 e. The minimum atomic E-state index is 0.340. The Kier molecular flexibility index (Phi) is 4.07. The second-order valence-electron chi connectivity index (χ2n) is 6.63. The number of hydrogen-bond donors (Lipinski definition) is 0. The molecule has 24 heavy (non-hydrogen) atoms. The van der Waals surface area contributed by atoms with Crippen molar-refractivity contribution in [3.05, 3.63) is 53.1 Å². The number of aryl methyl sites for hydroxylation is 1. The summed E-state index contributed by atoms with van der Waals surface area (Å²) in [6.45, 7) is 9.94. The number of rotatable bonds is 3. The molecule has 0 atom stereocenters. The molecule has 2 aromatic carbocycles. The zero-order valence-electron chi connectivity index (χ0n) is 14.4. The topological polar surface area (TPSA) is 24.9 Å². The van der Waals surface area contributed by atoms with Crippen LogP contribution in [0.4, 0.5) is 5.69 Å². The molecule has 0 saturated carbocycles. The molecule has 126 valence electrons. The lowest BCUT2D eigenvalue weighted by molar-refractivity contribution is 0.171. The molecule has 4 heteroatoms. The Bertz CT molecular complexity index is 736. The van der Waals surface area contributed by atoms with Gasteiger partial charge < -0.3 is 14.4 Å². The molecule has 4 rings (SSSR count). The maximum absolute atomic E-state index is 5.63. The second-order valence-corrected chi connectivity index (χ2v) is 6.63. The van der Waals surface area contributed by atoms with E-state index in [1.807, 2.05) is 6.07 Å². The van der Waals surface area contributed by atoms with Crippen molar-refractivity contribution in [3.8, 4) is 11.5 Å². The maximum atomic E-state index is 5.63. The lowest BCUT2D eigenvalue weighted by Gasteiger charge is -2.37. The Morgan fingerprint density at radius 2 is 1.71 bits per heavy atom. The molecule has 0 radical (unpaired) electrons. The van der Waals surface area contributed by atoms with Crippen molar-refractivity contribution in [2.75, 3.05) is 37.9 Å². The van der Waals surface area contributed by atoms with Crippen molar-refractivity contribution in [1.29, 1.82) is 0 Å². The molecule has 0 bridgehead atoms. The molecule has 0 amide bonds. The summed E-state index contributed by atoms with van der Waals surface area (Å²) in [6.07, 6.45) is 0. The van der Waals surface area contributed by atoms with Crippen LogP contribution in [0.5, 0.6) is 11.5 Å². The Hall–Kier alpha value is -2.20. The predicted octanol–water partition coefficient (Wildman–Crippen LogP) is 3.35. The van der Waals surface area contributed by atoms with Gasteiger partial charge in [-0.05, 0) is 37.1 Å². The Balaban J connectivity index is 1.42. The fourth-order valence-corrected chi connectivity index (χ4v) is 3.58. The summed E-state index contributed by atoms with van der Waals surface area (Å²) in [6, 6.07) is 12.8. The van der Waals surface area contributed by atoms with Gasteiger partial charge in [0, 0.05) is 44.0 Å². The summed E-state index contributed by atoms with van der Waals surface area (Å²) < 4.78 is 11.1. The van der Waals surface area contributed by atoms with E-state index in [0.29, 0.717) is 6.79 Å². The van der Waals surface area contributed by atoms with Crippen molar-refractivity contribution in [2.24, 2.45) is 0 Å². The summed E-state index contributed by atoms with van der Waals surface area (Å²) >= 11 is 0. The monoisotopic (exact) mass is 324 g/mol. The standard InChI is InChI=1S/C20H24N2O2/c1-15-5-3-7-18(16(15)2)22-11-9-21(10-12-22)13-17-6-4-8-19-20(17)24-14-23-19/h3-8H,9-14H2,1-2H3. The molecular formula is C20H24N2O2. The second kappa shape index (κ2) is 6.36. The van der Waals surface area contributed by atoms with E-state index in [1.165, 1.54) is 22.4 Å². The van der Waals surface area contributed by atoms with Crippen molar-refractivity contribution >= 4 is 5.69 Å². The molecule has 0 unspecified atom stereocenters. The molecular weight excluding hydrogens is 300 g/mol. The molecule has 2 aliphatic heterocycles. The summed E-state index contributed by atoms with van der Waals surface area (Å²) in [7, 11) is 0. The zero-order valence-corrected chi connectivity index (χ0v) is 14.4. The normalized spacial score (nSPS) is 17.3. The van der Waals surface area contributed by atoms with E-state index in [-0.39, 0.29) is 0 Å². The van der Waals surface area contributed by atoms with Crippen LogP contribution in [0.1, 0.15) is 16.7 Å². The van der Waals surface area contributed by atoms with E-state index in [4.69, 9.17) is 9.47 Å². The van der Waals surface area contributed by atoms with Crippen LogP contribution in [-0.2, 0) is 6.54 Å². The summed E-state index contributed by atoms with van der Waals surface area (Å²) in [5.41, 5.74) is 5.38. The van der Waals surface area contributed by atoms with Gasteiger partial charge in [0.2, 0.25) is 6.79 Å². The quantitative estimate of drug-likeness (QED) is 0.864. The fraction of sp³-hybridized carbons (Fsp3) is 0.400. The van der Waals surface area contributed by atoms with Crippen molar-refractivity contribution in [3.63, 3.8) is 0 Å². The van der Waals surface area contributed by atoms with E-state index in [9.17, 15) is 0 Å². The highest BCUT2D eigenvalue weighted by atomic mass is 16.7. The van der Waals surface area contributed by atoms with Crippen molar-refractivity contribution in [2.45, 2.75) is 20.4 Å². The fourth-order valence-electron chi connectivity index (χ4n) is 3.58. The number of para-hydroxylation sites is 1. The first-order valence-corrected chi connectivity index (χ1v) is 8.63. The lowest BCUT2D eigenvalue weighted by atomic mass is 10.1. The van der Waals surface area contributed by atoms with Gasteiger partial charge in [0.25, 0.3) is 0 Å². The first-order valence-electron chi connectivity index (χ1n) is 8.63. The third-order valence-corrected chi connectivity index (χ3v) is 5.16. The molecule has 0 aromatic heterocycles. The van der Waals surface area contributed by atoms with Crippen LogP contribution in [0, 0.1) is 13.8 Å². The number of anilines is 1. The number of fused-ring (bicyclic) bond motifs is 1. The van der Waals surface area contributed by atoms with Gasteiger partial charge >= 0.3 is 0 Å². The average molecular weight is 324 g/mol. The van der Waals surface area contributed by atoms with E-state index in [1.54, 1.807) is 0 Å². The molecule has 0 aliphatic carbocycles. The molecule has 2 heterocycles. The van der Waals surface area contributed by atoms with Gasteiger partial charge in [-0.1, -0.05) is 24.3 Å². The minimum Gasteiger partial charge on any atom is -0.454 e. The number of benzene rings is 2. The number of ether oxygens (including phenoxy) is 2. The molecule has 1 saturated heterocycles. The van der Waals surface area contributed by atoms with Gasteiger partial charge in [-0.15, -0.1) is 0 Å². The van der Waals surface area contributed by atoms with Crippen molar-refractivity contribution < 1.29 is 9.47 Å². The smallest absolute Gasteiger partial charge is 0.231 e. The highest BCUT2D eigenvalue weighted by Gasteiger charge is 2.22. The van der Waals surface area contributed by atoms with Gasteiger partial charge in [0.1, 0.15) is 0 Å². The predicted molar refractivity (Wildman–Crippen MR) is 96.0 cm³/mol. The summed E-state index contributed by atoms with van der Waals surface area (Å²) in [5, 5.41) is 0. The molecule has 1 fully saturated rings. The Labute approximate surface area is 143 Å². The van der Waals surface area contributed by atoms with Crippen LogP contribution in [0.25, 0.3) is 0 Å². The molecule has 0 spiro atoms. The van der Waals surface area contributed by atoms with Crippen molar-refractivity contribution in [1.82, 2.24) is 4.90 Å². The third kappa shape index (κ3) is 2.82. The number of nitrogens with zero attached hydrogens (tertiary/aromatic N) is 2. The number of piperazine rings is 1. The van der Waals surface area contributed by atoms with Gasteiger partial charge in [0.15, 0.2) is 11.5 Å². The lowest BCUT2D eigenvalue weighted by Crippen LogP contribution is -2.46. The SMILES string of the molecule is Cc1cccc(N2CCN(Cc3cccc4c3OCO4)CC2)c1C. The average Bonchev–Trinajstić information content (AvgIpc) is 3.08. The molecule has 2 aliphatic rings. The van der Waals surface area contributed by atoms with E-state index in [2.05, 4.69) is 54.0 Å². The summed E-state index contributed by atoms with van der Waals surface area (Å²) in [4.78, 5) is 5.01. The first-order chi connectivity index (χ1) is 11.7. The van der Waals surface area contributed by atoms with E-state index in [0.717, 1.165) is 44.2 Å². The van der Waals surface area contributed by atoms with Gasteiger partial charge in [0.05, 0.1) is 0 Å². The highest BCUT2D eigenvalue weighted by molar-refractivity contribution is 5.56. The summed E-state index contributed by atoms with van der Waals surface area (Å²) in [5.74, 6) is 1.80. The molecule has 4 nitrogen and oxygen atoms in total. The third-order valence-electron chi connectivity index (χ3n) is 5.16. The Morgan fingerprint density at radius 3 is 2.54 bits per heavy atom. The zero-order chi connectivity index (χ0) is 16.5. The highest BCUT2D eigenvalue weighted by Crippen LogP contribution is 2.36.